The van der Waals surface area contributed by atoms with Gasteiger partial charge in [-0.25, -0.2) is 0 Å². The van der Waals surface area contributed by atoms with Gasteiger partial charge in [0.25, 0.3) is 5.91 Å². The molecule has 0 atom stereocenters. The number of hydrogen-bond donors (Lipinski definition) is 1. The minimum absolute atomic E-state index is 0.179. The highest BCUT2D eigenvalue weighted by Crippen LogP contribution is 2.23. The largest absolute Gasteiger partial charge is 0.322 e. The fourth-order valence-electron chi connectivity index (χ4n) is 2.72. The molecule has 0 unspecified atom stereocenters. The van der Waals surface area contributed by atoms with E-state index in [-0.39, 0.29) is 5.91 Å². The lowest BCUT2D eigenvalue weighted by atomic mass is 10.0. The van der Waals surface area contributed by atoms with E-state index in [1.54, 1.807) is 12.4 Å². The number of aryl methyl sites for hydroxylation is 1. The number of benzene rings is 2. The lowest BCUT2D eigenvalue weighted by Crippen LogP contribution is -2.12. The number of anilines is 1. The van der Waals surface area contributed by atoms with Crippen LogP contribution in [-0.4, -0.2) is 10.9 Å². The van der Waals surface area contributed by atoms with Gasteiger partial charge in [0, 0.05) is 23.6 Å². The average Bonchev–Trinajstić information content (AvgIpc) is 2.64. The highest BCUT2D eigenvalue weighted by Gasteiger charge is 2.10. The van der Waals surface area contributed by atoms with Crippen molar-refractivity contribution in [3.05, 3.63) is 90.3 Å². The Hall–Kier alpha value is -3.20. The normalized spacial score (nSPS) is 10.3. The molecule has 1 aromatic heterocycles. The van der Waals surface area contributed by atoms with Crippen LogP contribution in [0.4, 0.5) is 5.69 Å². The fourth-order valence-corrected chi connectivity index (χ4v) is 2.72. The quantitative estimate of drug-likeness (QED) is 0.702. The number of nitrogens with one attached hydrogen (secondary N) is 1. The van der Waals surface area contributed by atoms with Crippen molar-refractivity contribution in [2.75, 3.05) is 5.32 Å². The predicted octanol–water partition coefficient (Wildman–Crippen LogP) is 5.34. The maximum Gasteiger partial charge on any atom is 0.257 e. The molecule has 0 radical (unpaired) electrons. The van der Waals surface area contributed by atoms with Crippen molar-refractivity contribution in [3.8, 4) is 11.1 Å². The van der Waals surface area contributed by atoms with Crippen LogP contribution in [-0.2, 0) is 0 Å². The lowest BCUT2D eigenvalue weighted by Gasteiger charge is -2.10. The van der Waals surface area contributed by atoms with Crippen molar-refractivity contribution >= 4 is 17.2 Å². The SMILES string of the molecule is C=C(C)c1cc(NC(=O)c2cncc(-c3ccccc3)c2)ccc1C. The van der Waals surface area contributed by atoms with E-state index in [4.69, 9.17) is 0 Å². The number of hydrogen-bond acceptors (Lipinski definition) is 2. The van der Waals surface area contributed by atoms with E-state index in [1.165, 1.54) is 0 Å². The zero-order valence-corrected chi connectivity index (χ0v) is 14.4. The molecule has 25 heavy (non-hydrogen) atoms. The van der Waals surface area contributed by atoms with Gasteiger partial charge in [0.2, 0.25) is 0 Å². The summed E-state index contributed by atoms with van der Waals surface area (Å²) >= 11 is 0. The molecule has 0 fully saturated rings. The van der Waals surface area contributed by atoms with E-state index in [1.807, 2.05) is 68.4 Å². The number of carbonyl (C=O) groups is 1. The van der Waals surface area contributed by atoms with E-state index in [2.05, 4.69) is 16.9 Å². The predicted molar refractivity (Wildman–Crippen MR) is 104 cm³/mol. The van der Waals surface area contributed by atoms with E-state index < -0.39 is 0 Å². The van der Waals surface area contributed by atoms with Gasteiger partial charge in [-0.1, -0.05) is 48.6 Å². The summed E-state index contributed by atoms with van der Waals surface area (Å²) in [6.45, 7) is 7.98. The van der Waals surface area contributed by atoms with Gasteiger partial charge < -0.3 is 5.32 Å². The van der Waals surface area contributed by atoms with E-state index >= 15 is 0 Å². The number of pyridine rings is 1. The molecule has 0 aliphatic carbocycles. The van der Waals surface area contributed by atoms with Crippen molar-refractivity contribution in [3.63, 3.8) is 0 Å². The zero-order valence-electron chi connectivity index (χ0n) is 14.4. The van der Waals surface area contributed by atoms with E-state index in [0.29, 0.717) is 5.56 Å². The Morgan fingerprint density at radius 3 is 2.48 bits per heavy atom. The third-order valence-corrected chi connectivity index (χ3v) is 4.06. The molecule has 1 amide bonds. The maximum absolute atomic E-state index is 12.6. The number of nitrogens with zero attached hydrogens (tertiary/aromatic N) is 1. The maximum atomic E-state index is 12.6. The standard InChI is InChI=1S/C22H20N2O/c1-15(2)21-12-20(10-9-16(21)3)24-22(25)19-11-18(13-23-14-19)17-7-5-4-6-8-17/h4-14H,1H2,2-3H3,(H,24,25). The Labute approximate surface area is 148 Å². The van der Waals surface area contributed by atoms with Gasteiger partial charge in [0.15, 0.2) is 0 Å². The monoisotopic (exact) mass is 328 g/mol. The summed E-state index contributed by atoms with van der Waals surface area (Å²) in [5, 5.41) is 2.94. The van der Waals surface area contributed by atoms with E-state index in [9.17, 15) is 4.79 Å². The summed E-state index contributed by atoms with van der Waals surface area (Å²) in [7, 11) is 0. The summed E-state index contributed by atoms with van der Waals surface area (Å²) in [6.07, 6.45) is 3.34. The molecular formula is C22H20N2O. The lowest BCUT2D eigenvalue weighted by molar-refractivity contribution is 0.102. The number of carbonyl (C=O) groups excluding carboxylic acids is 1. The highest BCUT2D eigenvalue weighted by atomic mass is 16.1. The second kappa shape index (κ2) is 7.14. The average molecular weight is 328 g/mol. The zero-order chi connectivity index (χ0) is 17.8. The first-order chi connectivity index (χ1) is 12.0. The number of amides is 1. The Morgan fingerprint density at radius 1 is 1.00 bits per heavy atom. The Kier molecular flexibility index (Phi) is 4.75. The van der Waals surface area contributed by atoms with Gasteiger partial charge in [0.1, 0.15) is 0 Å². The smallest absolute Gasteiger partial charge is 0.257 e. The van der Waals surface area contributed by atoms with Crippen molar-refractivity contribution in [2.24, 2.45) is 0 Å². The molecule has 3 heteroatoms. The summed E-state index contributed by atoms with van der Waals surface area (Å²) in [6, 6.07) is 17.6. The Balaban J connectivity index is 1.85. The fraction of sp³-hybridized carbons (Fsp3) is 0.0909. The molecule has 0 bridgehead atoms. The molecule has 0 aliphatic rings. The number of rotatable bonds is 4. The Bertz CT molecular complexity index is 930. The van der Waals surface area contributed by atoms with Crippen LogP contribution in [0.3, 0.4) is 0 Å². The topological polar surface area (TPSA) is 42.0 Å². The molecule has 0 saturated carbocycles. The van der Waals surface area contributed by atoms with Gasteiger partial charge >= 0.3 is 0 Å². The van der Waals surface area contributed by atoms with Crippen molar-refractivity contribution in [1.82, 2.24) is 4.98 Å². The molecule has 1 N–H and O–H groups in total. The van der Waals surface area contributed by atoms with E-state index in [0.717, 1.165) is 33.5 Å². The van der Waals surface area contributed by atoms with Crippen LogP contribution in [0.1, 0.15) is 28.4 Å². The molecule has 0 spiro atoms. The molecule has 3 aromatic rings. The van der Waals surface area contributed by atoms with Crippen LogP contribution in [0.15, 0.2) is 73.6 Å². The van der Waals surface area contributed by atoms with Crippen molar-refractivity contribution in [2.45, 2.75) is 13.8 Å². The molecular weight excluding hydrogens is 308 g/mol. The molecule has 2 aromatic carbocycles. The first-order valence-corrected chi connectivity index (χ1v) is 8.13. The van der Waals surface area contributed by atoms with Crippen LogP contribution >= 0.6 is 0 Å². The minimum Gasteiger partial charge on any atom is -0.322 e. The van der Waals surface area contributed by atoms with Gasteiger partial charge in [-0.3, -0.25) is 9.78 Å². The third-order valence-electron chi connectivity index (χ3n) is 4.06. The first kappa shape index (κ1) is 16.7. The number of aromatic nitrogens is 1. The van der Waals surface area contributed by atoms with Gasteiger partial charge in [-0.05, 0) is 48.7 Å². The molecule has 124 valence electrons. The van der Waals surface area contributed by atoms with Crippen LogP contribution in [0.2, 0.25) is 0 Å². The highest BCUT2D eigenvalue weighted by molar-refractivity contribution is 6.04. The van der Waals surface area contributed by atoms with Crippen LogP contribution < -0.4 is 5.32 Å². The first-order valence-electron chi connectivity index (χ1n) is 8.13. The Morgan fingerprint density at radius 2 is 1.76 bits per heavy atom. The van der Waals surface area contributed by atoms with Gasteiger partial charge in [0.05, 0.1) is 5.56 Å². The summed E-state index contributed by atoms with van der Waals surface area (Å²) < 4.78 is 0. The van der Waals surface area contributed by atoms with Crippen molar-refractivity contribution < 1.29 is 4.79 Å². The second-order valence-corrected chi connectivity index (χ2v) is 6.09. The summed E-state index contributed by atoms with van der Waals surface area (Å²) in [4.78, 5) is 16.8. The van der Waals surface area contributed by atoms with Gasteiger partial charge in [-0.15, -0.1) is 0 Å². The van der Waals surface area contributed by atoms with Gasteiger partial charge in [-0.2, -0.15) is 0 Å². The van der Waals surface area contributed by atoms with Crippen LogP contribution in [0.5, 0.6) is 0 Å². The third kappa shape index (κ3) is 3.83. The second-order valence-electron chi connectivity index (χ2n) is 6.09. The summed E-state index contributed by atoms with van der Waals surface area (Å²) in [5.41, 5.74) is 6.38. The van der Waals surface area contributed by atoms with Crippen molar-refractivity contribution in [1.29, 1.82) is 0 Å². The molecule has 1 heterocycles. The number of allylic oxidation sites excluding steroid dienone is 1. The molecule has 0 aliphatic heterocycles. The molecule has 3 nitrogen and oxygen atoms in total. The molecule has 3 rings (SSSR count). The van der Waals surface area contributed by atoms with Crippen LogP contribution in [0.25, 0.3) is 16.7 Å². The minimum atomic E-state index is -0.179. The van der Waals surface area contributed by atoms with Crippen LogP contribution in [0, 0.1) is 6.92 Å². The summed E-state index contributed by atoms with van der Waals surface area (Å²) in [5.74, 6) is -0.179. The molecule has 0 saturated heterocycles.